The highest BCUT2D eigenvalue weighted by atomic mass is 79.9. The minimum Gasteiger partial charge on any atom is -0.507 e. The van der Waals surface area contributed by atoms with Crippen molar-refractivity contribution in [3.8, 4) is 5.75 Å². The number of methoxy groups -OCH3 is 1. The van der Waals surface area contributed by atoms with E-state index in [2.05, 4.69) is 27.5 Å². The number of anilines is 1. The Morgan fingerprint density at radius 3 is 2.54 bits per heavy atom. The van der Waals surface area contributed by atoms with Gasteiger partial charge in [0, 0.05) is 10.0 Å². The van der Waals surface area contributed by atoms with Gasteiger partial charge in [0.05, 0.1) is 24.4 Å². The first-order valence-electron chi connectivity index (χ1n) is 11.1. The van der Waals surface area contributed by atoms with Crippen molar-refractivity contribution < 1.29 is 29.0 Å². The van der Waals surface area contributed by atoms with E-state index in [1.807, 2.05) is 6.92 Å². The Morgan fingerprint density at radius 2 is 1.92 bits per heavy atom. The summed E-state index contributed by atoms with van der Waals surface area (Å²) in [6.07, 6.45) is 1.45. The molecule has 2 aromatic carbocycles. The minimum absolute atomic E-state index is 0.0240. The topological polar surface area (TPSA) is 106 Å². The number of hydrogen-bond acceptors (Lipinski definition) is 8. The molecule has 190 valence electrons. The average molecular weight is 583 g/mol. The first-order valence-corrected chi connectivity index (χ1v) is 12.8. The molecule has 10 heteroatoms. The van der Waals surface area contributed by atoms with Crippen molar-refractivity contribution in [2.75, 3.05) is 18.6 Å². The number of ether oxygens (including phenoxy) is 2. The average Bonchev–Trinajstić information content (AvgIpc) is 3.39. The number of carbonyl (C=O) groups excluding carboxylic acids is 3. The zero-order valence-corrected chi connectivity index (χ0v) is 22.7. The van der Waals surface area contributed by atoms with E-state index in [9.17, 15) is 19.5 Å². The van der Waals surface area contributed by atoms with Crippen LogP contribution in [0, 0.1) is 13.8 Å². The van der Waals surface area contributed by atoms with Gasteiger partial charge in [0.15, 0.2) is 5.13 Å². The van der Waals surface area contributed by atoms with Gasteiger partial charge in [-0.3, -0.25) is 14.5 Å². The highest BCUT2D eigenvalue weighted by molar-refractivity contribution is 9.10. The first kappa shape index (κ1) is 26.3. The number of nitrogens with zero attached hydrogens (tertiary/aromatic N) is 2. The van der Waals surface area contributed by atoms with Crippen LogP contribution in [0.5, 0.6) is 5.75 Å². The van der Waals surface area contributed by atoms with Gasteiger partial charge in [0.25, 0.3) is 5.78 Å². The molecule has 37 heavy (non-hydrogen) atoms. The van der Waals surface area contributed by atoms with Crippen molar-refractivity contribution in [1.29, 1.82) is 0 Å². The van der Waals surface area contributed by atoms with Crippen LogP contribution < -0.4 is 9.64 Å². The van der Waals surface area contributed by atoms with Gasteiger partial charge < -0.3 is 14.6 Å². The number of aliphatic hydroxyl groups excluding tert-OH is 1. The van der Waals surface area contributed by atoms with Crippen LogP contribution >= 0.6 is 27.3 Å². The number of aromatic nitrogens is 1. The van der Waals surface area contributed by atoms with Crippen LogP contribution in [0.15, 0.2) is 65.2 Å². The predicted molar refractivity (Wildman–Crippen MR) is 144 cm³/mol. The van der Waals surface area contributed by atoms with Crippen LogP contribution in [0.4, 0.5) is 5.13 Å². The molecule has 0 aliphatic carbocycles. The molecule has 8 nitrogen and oxygen atoms in total. The fourth-order valence-corrected chi connectivity index (χ4v) is 5.30. The highest BCUT2D eigenvalue weighted by Crippen LogP contribution is 2.44. The second-order valence-electron chi connectivity index (χ2n) is 8.20. The summed E-state index contributed by atoms with van der Waals surface area (Å²) in [4.78, 5) is 45.1. The Hall–Kier alpha value is -3.76. The molecule has 4 rings (SSSR count). The van der Waals surface area contributed by atoms with Gasteiger partial charge in [-0.05, 0) is 55.3 Å². The lowest BCUT2D eigenvalue weighted by atomic mass is 9.95. The van der Waals surface area contributed by atoms with Gasteiger partial charge in [-0.1, -0.05) is 52.1 Å². The maximum absolute atomic E-state index is 13.4. The largest absolute Gasteiger partial charge is 0.507 e. The normalized spacial score (nSPS) is 16.6. The van der Waals surface area contributed by atoms with Crippen molar-refractivity contribution in [2.24, 2.45) is 0 Å². The number of aryl methyl sites for hydroxylation is 2. The third kappa shape index (κ3) is 4.94. The number of aliphatic hydroxyl groups is 1. The van der Waals surface area contributed by atoms with Gasteiger partial charge in [0.2, 0.25) is 0 Å². The molecule has 0 radical (unpaired) electrons. The second kappa shape index (κ2) is 10.7. The fraction of sp³-hybridized carbons (Fsp3) is 0.185. The quantitative estimate of drug-likeness (QED) is 0.129. The summed E-state index contributed by atoms with van der Waals surface area (Å²) >= 11 is 4.34. The van der Waals surface area contributed by atoms with Crippen LogP contribution in [-0.4, -0.2) is 41.5 Å². The summed E-state index contributed by atoms with van der Waals surface area (Å²) in [6, 6.07) is 11.1. The van der Waals surface area contributed by atoms with E-state index in [0.29, 0.717) is 22.6 Å². The van der Waals surface area contributed by atoms with Gasteiger partial charge in [-0.15, -0.1) is 0 Å². The SMILES string of the molecule is C=CCOC(=O)c1sc(N2C(=O)C(=O)C(=C(O)c3ccc(OC)c(C)c3)[C@H]2c2ccc(Br)cc2)nc1C. The number of benzene rings is 2. The van der Waals surface area contributed by atoms with E-state index in [1.165, 1.54) is 11.0 Å². The molecular weight excluding hydrogens is 560 g/mol. The summed E-state index contributed by atoms with van der Waals surface area (Å²) in [5, 5.41) is 11.5. The number of Topliss-reactive ketones (excluding diaryl/α,β-unsaturated/α-hetero) is 1. The molecular formula is C27H23BrN2O6S. The second-order valence-corrected chi connectivity index (χ2v) is 10.1. The van der Waals surface area contributed by atoms with Gasteiger partial charge in [0.1, 0.15) is 23.0 Å². The van der Waals surface area contributed by atoms with Crippen molar-refractivity contribution in [3.05, 3.63) is 92.4 Å². The molecule has 3 aromatic rings. The van der Waals surface area contributed by atoms with Crippen molar-refractivity contribution in [3.63, 3.8) is 0 Å². The number of rotatable bonds is 7. The highest BCUT2D eigenvalue weighted by Gasteiger charge is 2.48. The third-order valence-electron chi connectivity index (χ3n) is 5.81. The summed E-state index contributed by atoms with van der Waals surface area (Å²) in [6.45, 7) is 6.99. The zero-order valence-electron chi connectivity index (χ0n) is 20.3. The Kier molecular flexibility index (Phi) is 7.60. The summed E-state index contributed by atoms with van der Waals surface area (Å²) < 4.78 is 11.2. The van der Waals surface area contributed by atoms with Crippen molar-refractivity contribution >= 4 is 55.8 Å². The molecule has 1 amide bonds. The van der Waals surface area contributed by atoms with Crippen molar-refractivity contribution in [1.82, 2.24) is 4.98 Å². The molecule has 0 spiro atoms. The first-order chi connectivity index (χ1) is 17.7. The lowest BCUT2D eigenvalue weighted by molar-refractivity contribution is -0.132. The number of esters is 1. The fourth-order valence-electron chi connectivity index (χ4n) is 4.05. The van der Waals surface area contributed by atoms with E-state index < -0.39 is 23.7 Å². The number of carbonyl (C=O) groups is 3. The number of hydrogen-bond donors (Lipinski definition) is 1. The van der Waals surface area contributed by atoms with Crippen LogP contribution in [0.2, 0.25) is 0 Å². The molecule has 2 heterocycles. The van der Waals surface area contributed by atoms with Crippen LogP contribution in [0.3, 0.4) is 0 Å². The zero-order chi connectivity index (χ0) is 26.9. The lowest BCUT2D eigenvalue weighted by Gasteiger charge is -2.23. The molecule has 1 aromatic heterocycles. The van der Waals surface area contributed by atoms with Gasteiger partial charge in [-0.25, -0.2) is 9.78 Å². The smallest absolute Gasteiger partial charge is 0.350 e. The molecule has 1 saturated heterocycles. The summed E-state index contributed by atoms with van der Waals surface area (Å²) in [5.41, 5.74) is 1.97. The Morgan fingerprint density at radius 1 is 1.22 bits per heavy atom. The predicted octanol–water partition coefficient (Wildman–Crippen LogP) is 5.50. The molecule has 0 unspecified atom stereocenters. The molecule has 1 N–H and O–H groups in total. The number of thiazole rings is 1. The van der Waals surface area contributed by atoms with Crippen LogP contribution in [0.25, 0.3) is 5.76 Å². The number of ketones is 1. The lowest BCUT2D eigenvalue weighted by Crippen LogP contribution is -2.29. The Bertz CT molecular complexity index is 1440. The van der Waals surface area contributed by atoms with E-state index >= 15 is 0 Å². The monoisotopic (exact) mass is 582 g/mol. The maximum Gasteiger partial charge on any atom is 0.350 e. The van der Waals surface area contributed by atoms with Crippen LogP contribution in [-0.2, 0) is 14.3 Å². The standard InChI is InChI=1S/C27H23BrN2O6S/c1-5-12-36-26(34)24-15(3)29-27(37-24)30-21(16-6-9-18(28)10-7-16)20(23(32)25(30)33)22(31)17-8-11-19(35-4)14(2)13-17/h5-11,13,21,31H,1,12H2,2-4H3/t21-/m1/s1. The summed E-state index contributed by atoms with van der Waals surface area (Å²) in [7, 11) is 1.54. The number of halogens is 1. The summed E-state index contributed by atoms with van der Waals surface area (Å²) in [5.74, 6) is -2.03. The number of amides is 1. The molecule has 0 bridgehead atoms. The Labute approximate surface area is 226 Å². The Balaban J connectivity index is 1.88. The molecule has 0 saturated carbocycles. The van der Waals surface area contributed by atoms with Gasteiger partial charge in [-0.2, -0.15) is 0 Å². The van der Waals surface area contributed by atoms with E-state index in [-0.39, 0.29) is 27.9 Å². The van der Waals surface area contributed by atoms with E-state index in [4.69, 9.17) is 9.47 Å². The molecule has 1 atom stereocenters. The molecule has 1 aliphatic rings. The minimum atomic E-state index is -0.974. The van der Waals surface area contributed by atoms with Gasteiger partial charge >= 0.3 is 11.9 Å². The van der Waals surface area contributed by atoms with Crippen LogP contribution in [0.1, 0.15) is 38.1 Å². The van der Waals surface area contributed by atoms with E-state index in [0.717, 1.165) is 21.4 Å². The maximum atomic E-state index is 13.4. The van der Waals surface area contributed by atoms with E-state index in [1.54, 1.807) is 56.5 Å². The molecule has 1 fully saturated rings. The molecule has 1 aliphatic heterocycles. The third-order valence-corrected chi connectivity index (χ3v) is 7.47. The van der Waals surface area contributed by atoms with Crippen molar-refractivity contribution in [2.45, 2.75) is 19.9 Å².